The van der Waals surface area contributed by atoms with Crippen molar-refractivity contribution >= 4 is 29.1 Å². The third kappa shape index (κ3) is 1.36. The first-order chi connectivity index (χ1) is 4.63. The lowest BCUT2D eigenvalue weighted by molar-refractivity contribution is 0.629. The molecular formula is C7H9FP2. The first kappa shape index (κ1) is 8.11. The van der Waals surface area contributed by atoms with Crippen molar-refractivity contribution < 1.29 is 4.39 Å². The lowest BCUT2D eigenvalue weighted by Crippen LogP contribution is -2.08. The predicted octanol–water partition coefficient (Wildman–Crippen LogP) is 1.13. The van der Waals surface area contributed by atoms with E-state index in [1.54, 1.807) is 13.0 Å². The predicted molar refractivity (Wildman–Crippen MR) is 49.8 cm³/mol. The highest BCUT2D eigenvalue weighted by Gasteiger charge is 2.02. The molecule has 0 N–H and O–H groups in total. The molecule has 2 atom stereocenters. The Morgan fingerprint density at radius 2 is 1.70 bits per heavy atom. The Balaban J connectivity index is 3.34. The van der Waals surface area contributed by atoms with Gasteiger partial charge in [-0.05, 0) is 17.8 Å². The van der Waals surface area contributed by atoms with Crippen LogP contribution in [0.15, 0.2) is 12.1 Å². The standard InChI is InChI=1S/C7H9FP2/c1-4-5(9)2-3-6(10)7(4)8/h2-3H,9-10H2,1H3. The lowest BCUT2D eigenvalue weighted by Gasteiger charge is -2.02. The zero-order chi connectivity index (χ0) is 7.72. The van der Waals surface area contributed by atoms with E-state index in [1.807, 2.05) is 6.07 Å². The Morgan fingerprint density at radius 3 is 2.20 bits per heavy atom. The Bertz CT molecular complexity index is 231. The van der Waals surface area contributed by atoms with Crippen LogP contribution in [-0.2, 0) is 0 Å². The van der Waals surface area contributed by atoms with Crippen LogP contribution in [0.25, 0.3) is 0 Å². The highest BCUT2D eigenvalue weighted by Crippen LogP contribution is 2.05. The summed E-state index contributed by atoms with van der Waals surface area (Å²) in [5.41, 5.74) is 0.706. The normalized spacial score (nSPS) is 10.0. The van der Waals surface area contributed by atoms with E-state index >= 15 is 0 Å². The first-order valence-corrected chi connectivity index (χ1v) is 4.08. The number of hydrogen-bond donors (Lipinski definition) is 0. The molecule has 0 spiro atoms. The van der Waals surface area contributed by atoms with Gasteiger partial charge in [0.1, 0.15) is 5.82 Å². The molecule has 0 aromatic heterocycles. The third-order valence-corrected chi connectivity index (χ3v) is 2.53. The maximum atomic E-state index is 13.0. The summed E-state index contributed by atoms with van der Waals surface area (Å²) >= 11 is 0. The van der Waals surface area contributed by atoms with Gasteiger partial charge in [0.05, 0.1) is 0 Å². The SMILES string of the molecule is Cc1c(P)ccc(P)c1F. The summed E-state index contributed by atoms with van der Waals surface area (Å²) in [6.45, 7) is 1.77. The molecule has 1 aromatic rings. The van der Waals surface area contributed by atoms with Crippen LogP contribution in [0.5, 0.6) is 0 Å². The van der Waals surface area contributed by atoms with Crippen molar-refractivity contribution in [2.45, 2.75) is 6.92 Å². The number of benzene rings is 1. The summed E-state index contributed by atoms with van der Waals surface area (Å²) in [6, 6.07) is 3.63. The van der Waals surface area contributed by atoms with Crippen LogP contribution in [0.4, 0.5) is 4.39 Å². The average molecular weight is 174 g/mol. The van der Waals surface area contributed by atoms with Crippen LogP contribution in [0, 0.1) is 12.7 Å². The maximum absolute atomic E-state index is 13.0. The third-order valence-electron chi connectivity index (χ3n) is 1.46. The number of halogens is 1. The Labute approximate surface area is 64.6 Å². The molecule has 0 fully saturated rings. The molecule has 0 nitrogen and oxygen atoms in total. The Kier molecular flexibility index (Phi) is 2.39. The molecule has 0 aliphatic heterocycles. The lowest BCUT2D eigenvalue weighted by atomic mass is 10.2. The topological polar surface area (TPSA) is 0 Å². The number of hydrogen-bond acceptors (Lipinski definition) is 0. The first-order valence-electron chi connectivity index (χ1n) is 2.93. The molecule has 0 radical (unpaired) electrons. The smallest absolute Gasteiger partial charge is 0.133 e. The summed E-state index contributed by atoms with van der Waals surface area (Å²) in [5.74, 6) is -0.127. The zero-order valence-electron chi connectivity index (χ0n) is 5.69. The van der Waals surface area contributed by atoms with E-state index in [0.29, 0.717) is 10.9 Å². The minimum absolute atomic E-state index is 0.127. The zero-order valence-corrected chi connectivity index (χ0v) is 8.00. The van der Waals surface area contributed by atoms with Crippen LogP contribution in [0.1, 0.15) is 5.56 Å². The average Bonchev–Trinajstić information content (AvgIpc) is 1.93. The second-order valence-corrected chi connectivity index (χ2v) is 3.43. The van der Waals surface area contributed by atoms with Crippen LogP contribution < -0.4 is 10.6 Å². The van der Waals surface area contributed by atoms with Crippen LogP contribution in [-0.4, -0.2) is 0 Å². The molecule has 1 aromatic carbocycles. The van der Waals surface area contributed by atoms with E-state index in [2.05, 4.69) is 18.5 Å². The van der Waals surface area contributed by atoms with Crippen molar-refractivity contribution in [1.29, 1.82) is 0 Å². The van der Waals surface area contributed by atoms with Gasteiger partial charge in [0.15, 0.2) is 0 Å². The van der Waals surface area contributed by atoms with Crippen LogP contribution in [0.2, 0.25) is 0 Å². The van der Waals surface area contributed by atoms with Crippen molar-refractivity contribution in [2.24, 2.45) is 0 Å². The van der Waals surface area contributed by atoms with Gasteiger partial charge in [-0.15, -0.1) is 18.5 Å². The van der Waals surface area contributed by atoms with E-state index in [1.165, 1.54) is 0 Å². The van der Waals surface area contributed by atoms with Crippen molar-refractivity contribution in [3.05, 3.63) is 23.5 Å². The fourth-order valence-corrected chi connectivity index (χ4v) is 1.26. The highest BCUT2D eigenvalue weighted by atomic mass is 31.0. The highest BCUT2D eigenvalue weighted by molar-refractivity contribution is 7.28. The Morgan fingerprint density at radius 1 is 1.20 bits per heavy atom. The minimum atomic E-state index is -0.127. The summed E-state index contributed by atoms with van der Waals surface area (Å²) in [5, 5.41) is 1.55. The molecule has 0 amide bonds. The van der Waals surface area contributed by atoms with Gasteiger partial charge in [0, 0.05) is 5.30 Å². The molecule has 10 heavy (non-hydrogen) atoms. The summed E-state index contributed by atoms with van der Waals surface area (Å²) in [7, 11) is 4.85. The van der Waals surface area contributed by atoms with E-state index in [4.69, 9.17) is 0 Å². The largest absolute Gasteiger partial charge is 0.206 e. The van der Waals surface area contributed by atoms with Crippen molar-refractivity contribution in [2.75, 3.05) is 0 Å². The summed E-state index contributed by atoms with van der Waals surface area (Å²) in [6.07, 6.45) is 0. The molecule has 0 heterocycles. The van der Waals surface area contributed by atoms with E-state index in [-0.39, 0.29) is 5.82 Å². The van der Waals surface area contributed by atoms with Gasteiger partial charge in [-0.3, -0.25) is 0 Å². The minimum Gasteiger partial charge on any atom is -0.206 e. The summed E-state index contributed by atoms with van der Waals surface area (Å²) in [4.78, 5) is 0. The molecule has 0 saturated heterocycles. The van der Waals surface area contributed by atoms with E-state index in [0.717, 1.165) is 5.30 Å². The Hall–Kier alpha value is 0.01000. The van der Waals surface area contributed by atoms with Gasteiger partial charge in [0.25, 0.3) is 0 Å². The molecule has 0 aliphatic carbocycles. The van der Waals surface area contributed by atoms with Gasteiger partial charge in [-0.25, -0.2) is 4.39 Å². The van der Waals surface area contributed by atoms with Crippen molar-refractivity contribution in [3.8, 4) is 0 Å². The summed E-state index contributed by atoms with van der Waals surface area (Å²) < 4.78 is 13.0. The van der Waals surface area contributed by atoms with Gasteiger partial charge < -0.3 is 0 Å². The molecule has 54 valence electrons. The maximum Gasteiger partial charge on any atom is 0.133 e. The fourth-order valence-electron chi connectivity index (χ4n) is 0.721. The molecule has 2 unspecified atom stereocenters. The van der Waals surface area contributed by atoms with Crippen molar-refractivity contribution in [3.63, 3.8) is 0 Å². The van der Waals surface area contributed by atoms with E-state index < -0.39 is 0 Å². The molecule has 0 aliphatic rings. The van der Waals surface area contributed by atoms with E-state index in [9.17, 15) is 4.39 Å². The molecule has 0 bridgehead atoms. The molecule has 0 saturated carbocycles. The monoisotopic (exact) mass is 174 g/mol. The molecule has 3 heteroatoms. The van der Waals surface area contributed by atoms with Gasteiger partial charge in [-0.1, -0.05) is 12.1 Å². The molecule has 1 rings (SSSR count). The molecular weight excluding hydrogens is 165 g/mol. The van der Waals surface area contributed by atoms with Crippen molar-refractivity contribution in [1.82, 2.24) is 0 Å². The van der Waals surface area contributed by atoms with Gasteiger partial charge in [-0.2, -0.15) is 0 Å². The fraction of sp³-hybridized carbons (Fsp3) is 0.143. The van der Waals surface area contributed by atoms with Crippen LogP contribution >= 0.6 is 18.5 Å². The van der Waals surface area contributed by atoms with Gasteiger partial charge >= 0.3 is 0 Å². The second kappa shape index (κ2) is 2.95. The quantitative estimate of drug-likeness (QED) is 0.517. The number of rotatable bonds is 0. The van der Waals surface area contributed by atoms with Crippen LogP contribution in [0.3, 0.4) is 0 Å². The van der Waals surface area contributed by atoms with Gasteiger partial charge in [0.2, 0.25) is 0 Å². The second-order valence-electron chi connectivity index (χ2n) is 2.18.